The van der Waals surface area contributed by atoms with Crippen molar-refractivity contribution in [3.8, 4) is 0 Å². The Morgan fingerprint density at radius 1 is 1.17 bits per heavy atom. The molecule has 1 saturated heterocycles. The summed E-state index contributed by atoms with van der Waals surface area (Å²) in [5.74, 6) is 0.674. The van der Waals surface area contributed by atoms with Gasteiger partial charge in [0.05, 0.1) is 19.6 Å². The number of likely N-dealkylation sites (tertiary alicyclic amines) is 1. The Morgan fingerprint density at radius 2 is 1.83 bits per heavy atom. The zero-order valence-electron chi connectivity index (χ0n) is 11.7. The Hall–Kier alpha value is -1.08. The molecule has 0 aromatic heterocycles. The molecule has 0 unspecified atom stereocenters. The molecule has 1 aromatic carbocycles. The van der Waals surface area contributed by atoms with Crippen LogP contribution < -0.4 is 0 Å². The predicted molar refractivity (Wildman–Crippen MR) is 78.7 cm³/mol. The molecule has 0 spiro atoms. The molecule has 18 heavy (non-hydrogen) atoms. The molecule has 0 bridgehead atoms. The molecule has 0 atom stereocenters. The number of quaternary nitrogens is 1. The van der Waals surface area contributed by atoms with Gasteiger partial charge in [-0.15, -0.1) is 12.5 Å². The van der Waals surface area contributed by atoms with Gasteiger partial charge in [-0.2, -0.15) is 0 Å². The number of rotatable bonds is 5. The van der Waals surface area contributed by atoms with Crippen LogP contribution in [0.1, 0.15) is 32.3 Å². The van der Waals surface area contributed by atoms with Gasteiger partial charge in [-0.05, 0) is 24.5 Å². The number of nitrogens with zero attached hydrogens (tertiary/aromatic N) is 1. The first-order chi connectivity index (χ1) is 8.70. The molecule has 1 nitrogen and oxygen atoms in total. The van der Waals surface area contributed by atoms with Crippen molar-refractivity contribution in [3.05, 3.63) is 48.5 Å². The third-order valence-electron chi connectivity index (χ3n) is 3.65. The van der Waals surface area contributed by atoms with Crippen molar-refractivity contribution >= 4 is 6.08 Å². The lowest BCUT2D eigenvalue weighted by Gasteiger charge is -2.45. The van der Waals surface area contributed by atoms with Crippen LogP contribution in [0.3, 0.4) is 0 Å². The van der Waals surface area contributed by atoms with Gasteiger partial charge in [0.15, 0.2) is 0 Å². The van der Waals surface area contributed by atoms with Crippen LogP contribution in [0, 0.1) is 12.5 Å². The molecule has 0 radical (unpaired) electrons. The Labute approximate surface area is 112 Å². The fourth-order valence-electron chi connectivity index (χ4n) is 2.95. The van der Waals surface area contributed by atoms with E-state index in [0.717, 1.165) is 6.54 Å². The average molecular weight is 243 g/mol. The lowest BCUT2D eigenvalue weighted by molar-refractivity contribution is -0.885. The molecule has 1 heteroatoms. The van der Waals surface area contributed by atoms with E-state index in [4.69, 9.17) is 0 Å². The maximum absolute atomic E-state index is 2.53. The molecule has 0 saturated carbocycles. The molecule has 1 fully saturated rings. The van der Waals surface area contributed by atoms with Gasteiger partial charge in [0.1, 0.15) is 0 Å². The SMILES string of the molecule is CC(C)[CH-][N+]1(C/C=C/c2ccccc2)CCCC1. The first-order valence-electron chi connectivity index (χ1n) is 7.14. The first-order valence-corrected chi connectivity index (χ1v) is 7.14. The van der Waals surface area contributed by atoms with E-state index in [0.29, 0.717) is 5.92 Å². The largest absolute Gasteiger partial charge is 0.451 e. The molecule has 2 rings (SSSR count). The molecule has 0 aliphatic carbocycles. The standard InChI is InChI=1S/C17H25N/c1-16(2)15-18(12-6-7-13-18)14-8-11-17-9-4-3-5-10-17/h3-5,8-11,15-16H,6-7,12-14H2,1-2H3/b11-8+. The quantitative estimate of drug-likeness (QED) is 0.539. The lowest BCUT2D eigenvalue weighted by atomic mass is 10.1. The highest BCUT2D eigenvalue weighted by atomic mass is 15.4. The Morgan fingerprint density at radius 3 is 2.44 bits per heavy atom. The van der Waals surface area contributed by atoms with E-state index in [9.17, 15) is 0 Å². The Balaban J connectivity index is 1.96. The van der Waals surface area contributed by atoms with Crippen molar-refractivity contribution in [2.75, 3.05) is 19.6 Å². The fraction of sp³-hybridized carbons (Fsp3) is 0.471. The fourth-order valence-corrected chi connectivity index (χ4v) is 2.95. The third-order valence-corrected chi connectivity index (χ3v) is 3.65. The van der Waals surface area contributed by atoms with Gasteiger partial charge < -0.3 is 4.48 Å². The maximum atomic E-state index is 2.53. The minimum Gasteiger partial charge on any atom is -0.451 e. The van der Waals surface area contributed by atoms with E-state index in [2.05, 4.69) is 62.9 Å². The van der Waals surface area contributed by atoms with Gasteiger partial charge in [0.25, 0.3) is 0 Å². The molecule has 0 N–H and O–H groups in total. The van der Waals surface area contributed by atoms with Crippen LogP contribution >= 0.6 is 0 Å². The van der Waals surface area contributed by atoms with E-state index in [-0.39, 0.29) is 0 Å². The third kappa shape index (κ3) is 3.71. The average Bonchev–Trinajstić information content (AvgIpc) is 2.78. The summed E-state index contributed by atoms with van der Waals surface area (Å²) < 4.78 is 1.18. The minimum atomic E-state index is 0.674. The lowest BCUT2D eigenvalue weighted by Crippen LogP contribution is -2.44. The second-order valence-corrected chi connectivity index (χ2v) is 5.76. The number of benzene rings is 1. The number of hydrogen-bond acceptors (Lipinski definition) is 0. The highest BCUT2D eigenvalue weighted by Gasteiger charge is 2.23. The van der Waals surface area contributed by atoms with Crippen LogP contribution in [0.2, 0.25) is 0 Å². The van der Waals surface area contributed by atoms with Crippen molar-refractivity contribution < 1.29 is 4.48 Å². The van der Waals surface area contributed by atoms with Crippen molar-refractivity contribution in [3.63, 3.8) is 0 Å². The van der Waals surface area contributed by atoms with E-state index in [1.807, 2.05) is 0 Å². The summed E-state index contributed by atoms with van der Waals surface area (Å²) >= 11 is 0. The van der Waals surface area contributed by atoms with Gasteiger partial charge in [-0.1, -0.05) is 50.3 Å². The summed E-state index contributed by atoms with van der Waals surface area (Å²) in [6.45, 7) is 10.9. The second-order valence-electron chi connectivity index (χ2n) is 5.76. The van der Waals surface area contributed by atoms with Crippen LogP contribution in [0.4, 0.5) is 0 Å². The van der Waals surface area contributed by atoms with Crippen molar-refractivity contribution in [1.82, 2.24) is 0 Å². The molecular formula is C17H25N. The normalized spacial score (nSPS) is 18.8. The zero-order valence-corrected chi connectivity index (χ0v) is 11.7. The molecule has 1 aromatic rings. The summed E-state index contributed by atoms with van der Waals surface area (Å²) in [5.41, 5.74) is 1.30. The van der Waals surface area contributed by atoms with E-state index in [1.165, 1.54) is 36.0 Å². The van der Waals surface area contributed by atoms with Gasteiger partial charge >= 0.3 is 0 Å². The maximum Gasteiger partial charge on any atom is 0.0737 e. The van der Waals surface area contributed by atoms with Crippen molar-refractivity contribution in [2.24, 2.45) is 5.92 Å². The van der Waals surface area contributed by atoms with Gasteiger partial charge in [0, 0.05) is 0 Å². The van der Waals surface area contributed by atoms with Gasteiger partial charge in [-0.3, -0.25) is 0 Å². The summed E-state index contributed by atoms with van der Waals surface area (Å²) in [4.78, 5) is 0. The highest BCUT2D eigenvalue weighted by Crippen LogP contribution is 2.25. The molecule has 98 valence electrons. The molecule has 0 amide bonds. The first kappa shape index (κ1) is 13.4. The van der Waals surface area contributed by atoms with Crippen LogP contribution in [0.15, 0.2) is 36.4 Å². The summed E-state index contributed by atoms with van der Waals surface area (Å²) in [5, 5.41) is 0. The van der Waals surface area contributed by atoms with Crippen LogP contribution in [0.25, 0.3) is 6.08 Å². The second kappa shape index (κ2) is 6.19. The topological polar surface area (TPSA) is 0 Å². The van der Waals surface area contributed by atoms with E-state index in [1.54, 1.807) is 0 Å². The molecule has 1 heterocycles. The zero-order chi connectivity index (χ0) is 12.8. The summed E-state index contributed by atoms with van der Waals surface area (Å²) in [6, 6.07) is 10.6. The molecule has 1 aliphatic rings. The van der Waals surface area contributed by atoms with Crippen molar-refractivity contribution in [1.29, 1.82) is 0 Å². The van der Waals surface area contributed by atoms with Crippen LogP contribution in [-0.4, -0.2) is 24.1 Å². The van der Waals surface area contributed by atoms with Crippen LogP contribution in [0.5, 0.6) is 0 Å². The summed E-state index contributed by atoms with van der Waals surface area (Å²) in [7, 11) is 0. The van der Waals surface area contributed by atoms with Crippen molar-refractivity contribution in [2.45, 2.75) is 26.7 Å². The minimum absolute atomic E-state index is 0.674. The Kier molecular flexibility index (Phi) is 4.60. The molecular weight excluding hydrogens is 218 g/mol. The number of hydrogen-bond donors (Lipinski definition) is 0. The highest BCUT2D eigenvalue weighted by molar-refractivity contribution is 5.48. The van der Waals surface area contributed by atoms with Gasteiger partial charge in [-0.25, -0.2) is 0 Å². The van der Waals surface area contributed by atoms with E-state index >= 15 is 0 Å². The Bertz CT molecular complexity index is 372. The van der Waals surface area contributed by atoms with Gasteiger partial charge in [0.2, 0.25) is 0 Å². The van der Waals surface area contributed by atoms with E-state index < -0.39 is 0 Å². The predicted octanol–water partition coefficient (Wildman–Crippen LogP) is 4.13. The van der Waals surface area contributed by atoms with Crippen LogP contribution in [-0.2, 0) is 0 Å². The molecule has 1 aliphatic heterocycles. The monoisotopic (exact) mass is 243 g/mol. The smallest absolute Gasteiger partial charge is 0.0737 e. The summed E-state index contributed by atoms with van der Waals surface area (Å²) in [6.07, 6.45) is 7.36.